The maximum Gasteiger partial charge on any atom is 0.156 e. The van der Waals surface area contributed by atoms with Gasteiger partial charge in [-0.3, -0.25) is 0 Å². The summed E-state index contributed by atoms with van der Waals surface area (Å²) in [5.41, 5.74) is 5.38. The Morgan fingerprint density at radius 1 is 1.25 bits per heavy atom. The molecule has 0 rings (SSSR count). The molecule has 2 atom stereocenters. The molecular formula is C8H19NO2S. The zero-order chi connectivity index (χ0) is 9.78. The van der Waals surface area contributed by atoms with Crippen LogP contribution in [0.15, 0.2) is 0 Å². The third-order valence-electron chi connectivity index (χ3n) is 2.32. The lowest BCUT2D eigenvalue weighted by Crippen LogP contribution is -2.35. The summed E-state index contributed by atoms with van der Waals surface area (Å²) in [6.45, 7) is 5.72. The van der Waals surface area contributed by atoms with Gasteiger partial charge in [0.15, 0.2) is 9.84 Å². The highest BCUT2D eigenvalue weighted by atomic mass is 32.2. The molecule has 2 unspecified atom stereocenters. The monoisotopic (exact) mass is 193 g/mol. The Kier molecular flexibility index (Phi) is 4.78. The van der Waals surface area contributed by atoms with Crippen LogP contribution in [0, 0.1) is 0 Å². The van der Waals surface area contributed by atoms with E-state index in [0.29, 0.717) is 12.8 Å². The van der Waals surface area contributed by atoms with E-state index >= 15 is 0 Å². The van der Waals surface area contributed by atoms with Gasteiger partial charge in [-0.1, -0.05) is 13.8 Å². The molecule has 0 fully saturated rings. The molecule has 0 aromatic carbocycles. The fourth-order valence-electron chi connectivity index (χ4n) is 1.09. The Morgan fingerprint density at radius 3 is 2.00 bits per heavy atom. The van der Waals surface area contributed by atoms with Gasteiger partial charge in [0.05, 0.1) is 10.5 Å². The first-order valence-corrected chi connectivity index (χ1v) is 6.04. The molecule has 0 aromatic rings. The van der Waals surface area contributed by atoms with Crippen LogP contribution in [-0.2, 0) is 9.84 Å². The SMILES string of the molecule is CCC(C)S(=O)(=O)C(CC)CN. The van der Waals surface area contributed by atoms with E-state index in [2.05, 4.69) is 0 Å². The van der Waals surface area contributed by atoms with Crippen LogP contribution in [0.25, 0.3) is 0 Å². The lowest BCUT2D eigenvalue weighted by Gasteiger charge is -2.18. The zero-order valence-electron chi connectivity index (χ0n) is 8.08. The number of sulfone groups is 1. The first-order chi connectivity index (χ1) is 5.50. The normalized spacial score (nSPS) is 17.3. The summed E-state index contributed by atoms with van der Waals surface area (Å²) in [7, 11) is -2.98. The summed E-state index contributed by atoms with van der Waals surface area (Å²) < 4.78 is 23.3. The second-order valence-corrected chi connectivity index (χ2v) is 5.72. The van der Waals surface area contributed by atoms with Gasteiger partial charge in [-0.2, -0.15) is 0 Å². The van der Waals surface area contributed by atoms with E-state index in [1.807, 2.05) is 13.8 Å². The maximum absolute atomic E-state index is 11.6. The number of hydrogen-bond donors (Lipinski definition) is 1. The van der Waals surface area contributed by atoms with E-state index in [1.165, 1.54) is 0 Å². The molecule has 0 heterocycles. The van der Waals surface area contributed by atoms with Crippen LogP contribution in [-0.4, -0.2) is 25.5 Å². The number of rotatable bonds is 5. The second-order valence-electron chi connectivity index (χ2n) is 3.07. The second kappa shape index (κ2) is 4.82. The van der Waals surface area contributed by atoms with Crippen molar-refractivity contribution in [3.63, 3.8) is 0 Å². The number of nitrogens with two attached hydrogens (primary N) is 1. The van der Waals surface area contributed by atoms with Crippen LogP contribution in [0.5, 0.6) is 0 Å². The van der Waals surface area contributed by atoms with Gasteiger partial charge in [-0.05, 0) is 19.8 Å². The van der Waals surface area contributed by atoms with Gasteiger partial charge in [0.2, 0.25) is 0 Å². The maximum atomic E-state index is 11.6. The largest absolute Gasteiger partial charge is 0.329 e. The number of hydrogen-bond acceptors (Lipinski definition) is 3. The van der Waals surface area contributed by atoms with Crippen LogP contribution >= 0.6 is 0 Å². The molecule has 3 nitrogen and oxygen atoms in total. The summed E-state index contributed by atoms with van der Waals surface area (Å²) >= 11 is 0. The van der Waals surface area contributed by atoms with Crippen molar-refractivity contribution >= 4 is 9.84 Å². The van der Waals surface area contributed by atoms with Crippen molar-refractivity contribution in [1.29, 1.82) is 0 Å². The third kappa shape index (κ3) is 2.45. The molecule has 0 saturated heterocycles. The van der Waals surface area contributed by atoms with Gasteiger partial charge in [0, 0.05) is 6.54 Å². The van der Waals surface area contributed by atoms with Crippen LogP contribution in [0.3, 0.4) is 0 Å². The molecular weight excluding hydrogens is 174 g/mol. The first-order valence-electron chi connectivity index (χ1n) is 4.43. The third-order valence-corrected chi connectivity index (χ3v) is 5.23. The minimum absolute atomic E-state index is 0.239. The minimum atomic E-state index is -2.98. The quantitative estimate of drug-likeness (QED) is 0.707. The fraction of sp³-hybridized carbons (Fsp3) is 1.00. The predicted molar refractivity (Wildman–Crippen MR) is 51.8 cm³/mol. The molecule has 0 spiro atoms. The Hall–Kier alpha value is -0.0900. The summed E-state index contributed by atoms with van der Waals surface area (Å²) in [4.78, 5) is 0. The molecule has 12 heavy (non-hydrogen) atoms. The van der Waals surface area contributed by atoms with Crippen LogP contribution < -0.4 is 5.73 Å². The van der Waals surface area contributed by atoms with Crippen LogP contribution in [0.4, 0.5) is 0 Å². The summed E-state index contributed by atoms with van der Waals surface area (Å²) in [5, 5.41) is -0.613. The van der Waals surface area contributed by atoms with Gasteiger partial charge < -0.3 is 5.73 Å². The van der Waals surface area contributed by atoms with Crippen molar-refractivity contribution in [1.82, 2.24) is 0 Å². The fourth-order valence-corrected chi connectivity index (χ4v) is 2.95. The molecule has 0 aromatic heterocycles. The van der Waals surface area contributed by atoms with Crippen LogP contribution in [0.2, 0.25) is 0 Å². The van der Waals surface area contributed by atoms with Gasteiger partial charge in [0.1, 0.15) is 0 Å². The van der Waals surface area contributed by atoms with Crippen molar-refractivity contribution in [3.8, 4) is 0 Å². The van der Waals surface area contributed by atoms with E-state index in [4.69, 9.17) is 5.73 Å². The zero-order valence-corrected chi connectivity index (χ0v) is 8.89. The van der Waals surface area contributed by atoms with Gasteiger partial charge in [0.25, 0.3) is 0 Å². The van der Waals surface area contributed by atoms with Gasteiger partial charge >= 0.3 is 0 Å². The first kappa shape index (κ1) is 11.9. The molecule has 0 bridgehead atoms. The summed E-state index contributed by atoms with van der Waals surface area (Å²) in [6.07, 6.45) is 1.28. The Morgan fingerprint density at radius 2 is 1.75 bits per heavy atom. The molecule has 2 N–H and O–H groups in total. The minimum Gasteiger partial charge on any atom is -0.329 e. The van der Waals surface area contributed by atoms with Crippen molar-refractivity contribution in [2.75, 3.05) is 6.54 Å². The highest BCUT2D eigenvalue weighted by molar-refractivity contribution is 7.92. The lowest BCUT2D eigenvalue weighted by molar-refractivity contribution is 0.561. The Bertz CT molecular complexity index is 207. The Balaban J connectivity index is 4.58. The molecule has 0 saturated carbocycles. The van der Waals surface area contributed by atoms with Crippen LogP contribution in [0.1, 0.15) is 33.6 Å². The highest BCUT2D eigenvalue weighted by Gasteiger charge is 2.27. The average Bonchev–Trinajstić information content (AvgIpc) is 2.04. The van der Waals surface area contributed by atoms with E-state index in [1.54, 1.807) is 6.92 Å². The van der Waals surface area contributed by atoms with E-state index in [9.17, 15) is 8.42 Å². The predicted octanol–water partition coefficient (Wildman–Crippen LogP) is 0.937. The highest BCUT2D eigenvalue weighted by Crippen LogP contribution is 2.14. The standard InChI is InChI=1S/C8H19NO2S/c1-4-7(3)12(10,11)8(5-2)6-9/h7-8H,4-6,9H2,1-3H3. The molecule has 0 aliphatic rings. The molecule has 0 aliphatic carbocycles. The lowest BCUT2D eigenvalue weighted by atomic mass is 10.3. The van der Waals surface area contributed by atoms with E-state index in [0.717, 1.165) is 0 Å². The molecule has 4 heteroatoms. The molecule has 0 aliphatic heterocycles. The van der Waals surface area contributed by atoms with Crippen molar-refractivity contribution in [2.45, 2.75) is 44.1 Å². The van der Waals surface area contributed by atoms with Crippen molar-refractivity contribution in [2.24, 2.45) is 5.73 Å². The smallest absolute Gasteiger partial charge is 0.156 e. The van der Waals surface area contributed by atoms with Crippen molar-refractivity contribution < 1.29 is 8.42 Å². The van der Waals surface area contributed by atoms with E-state index < -0.39 is 9.84 Å². The van der Waals surface area contributed by atoms with E-state index in [-0.39, 0.29) is 17.0 Å². The van der Waals surface area contributed by atoms with Gasteiger partial charge in [-0.15, -0.1) is 0 Å². The molecule has 74 valence electrons. The van der Waals surface area contributed by atoms with Crippen molar-refractivity contribution in [3.05, 3.63) is 0 Å². The van der Waals surface area contributed by atoms with Gasteiger partial charge in [-0.25, -0.2) is 8.42 Å². The average molecular weight is 193 g/mol. The summed E-state index contributed by atoms with van der Waals surface area (Å²) in [6, 6.07) is 0. The molecule has 0 amide bonds. The topological polar surface area (TPSA) is 60.2 Å². The molecule has 0 radical (unpaired) electrons. The summed E-state index contributed by atoms with van der Waals surface area (Å²) in [5.74, 6) is 0. The Labute approximate surface area is 75.3 Å².